The molecule has 1 unspecified atom stereocenters. The molecular weight excluding hydrogens is 178 g/mol. The van der Waals surface area contributed by atoms with Gasteiger partial charge in [-0.1, -0.05) is 39.5 Å². The van der Waals surface area contributed by atoms with Crippen molar-refractivity contribution in [3.63, 3.8) is 0 Å². The molecule has 0 heterocycles. The van der Waals surface area contributed by atoms with Gasteiger partial charge < -0.3 is 5.32 Å². The second-order valence-electron chi connectivity index (χ2n) is 3.86. The normalized spacial score (nSPS) is 13.2. The van der Waals surface area contributed by atoms with Crippen molar-refractivity contribution in [3.05, 3.63) is 0 Å². The molecule has 0 amide bonds. The van der Waals surface area contributed by atoms with Crippen molar-refractivity contribution in [1.82, 2.24) is 5.32 Å². The van der Waals surface area contributed by atoms with Gasteiger partial charge in [0.05, 0.1) is 0 Å². The molecule has 2 heteroatoms. The fourth-order valence-electron chi connectivity index (χ4n) is 1.58. The lowest BCUT2D eigenvalue weighted by atomic mass is 9.99. The summed E-state index contributed by atoms with van der Waals surface area (Å²) in [5.41, 5.74) is 0. The summed E-state index contributed by atoms with van der Waals surface area (Å²) in [7, 11) is 0. The van der Waals surface area contributed by atoms with Crippen LogP contribution in [0.2, 0.25) is 0 Å². The summed E-state index contributed by atoms with van der Waals surface area (Å²) in [5.74, 6) is 1.88. The van der Waals surface area contributed by atoms with Crippen LogP contribution >= 0.6 is 12.6 Å². The Labute approximate surface area is 89.1 Å². The molecule has 0 bridgehead atoms. The lowest BCUT2D eigenvalue weighted by molar-refractivity contribution is 0.456. The van der Waals surface area contributed by atoms with Crippen molar-refractivity contribution in [2.24, 2.45) is 5.92 Å². The summed E-state index contributed by atoms with van der Waals surface area (Å²) < 4.78 is 0. The van der Waals surface area contributed by atoms with E-state index in [4.69, 9.17) is 0 Å². The Morgan fingerprint density at radius 2 is 1.92 bits per heavy atom. The van der Waals surface area contributed by atoms with Gasteiger partial charge in [0.25, 0.3) is 0 Å². The highest BCUT2D eigenvalue weighted by molar-refractivity contribution is 7.80. The molecule has 0 aromatic carbocycles. The van der Waals surface area contributed by atoms with E-state index in [2.05, 4.69) is 31.8 Å². The Morgan fingerprint density at radius 3 is 2.54 bits per heavy atom. The third-order valence-corrected chi connectivity index (χ3v) is 2.59. The van der Waals surface area contributed by atoms with Gasteiger partial charge in [-0.05, 0) is 18.9 Å². The van der Waals surface area contributed by atoms with E-state index in [1.165, 1.54) is 38.6 Å². The number of hydrogen-bond donors (Lipinski definition) is 2. The molecule has 0 aromatic heterocycles. The smallest absolute Gasteiger partial charge is 0.00397 e. The molecule has 0 aromatic rings. The molecule has 13 heavy (non-hydrogen) atoms. The fourth-order valence-corrected chi connectivity index (χ4v) is 1.74. The van der Waals surface area contributed by atoms with Gasteiger partial charge in [-0.3, -0.25) is 0 Å². The largest absolute Gasteiger partial charge is 0.316 e. The van der Waals surface area contributed by atoms with Gasteiger partial charge in [0.1, 0.15) is 0 Å². The molecule has 0 aliphatic rings. The molecule has 0 aliphatic heterocycles. The van der Waals surface area contributed by atoms with E-state index < -0.39 is 0 Å². The average Bonchev–Trinajstić information content (AvgIpc) is 2.11. The van der Waals surface area contributed by atoms with Gasteiger partial charge >= 0.3 is 0 Å². The highest BCUT2D eigenvalue weighted by atomic mass is 32.1. The minimum absolute atomic E-state index is 0.926. The van der Waals surface area contributed by atoms with E-state index in [1.54, 1.807) is 0 Å². The number of nitrogens with one attached hydrogen (secondary N) is 1. The van der Waals surface area contributed by atoms with E-state index in [0.717, 1.165) is 18.2 Å². The first-order chi connectivity index (χ1) is 6.31. The molecule has 0 saturated carbocycles. The van der Waals surface area contributed by atoms with Gasteiger partial charge in [-0.2, -0.15) is 12.6 Å². The summed E-state index contributed by atoms with van der Waals surface area (Å²) in [4.78, 5) is 0. The average molecular weight is 203 g/mol. The van der Waals surface area contributed by atoms with Crippen molar-refractivity contribution in [2.45, 2.75) is 46.0 Å². The maximum atomic E-state index is 4.14. The van der Waals surface area contributed by atoms with Gasteiger partial charge in [0.2, 0.25) is 0 Å². The first kappa shape index (κ1) is 13.3. The second kappa shape index (κ2) is 10.4. The number of rotatable bonds is 9. The molecule has 1 atom stereocenters. The Hall–Kier alpha value is 0.310. The van der Waals surface area contributed by atoms with Crippen LogP contribution in [0.3, 0.4) is 0 Å². The minimum Gasteiger partial charge on any atom is -0.316 e. The number of thiol groups is 1. The molecule has 0 aliphatic carbocycles. The summed E-state index contributed by atoms with van der Waals surface area (Å²) in [5, 5.41) is 3.36. The monoisotopic (exact) mass is 203 g/mol. The first-order valence-electron chi connectivity index (χ1n) is 5.62. The quantitative estimate of drug-likeness (QED) is 0.433. The predicted molar refractivity (Wildman–Crippen MR) is 64.6 cm³/mol. The number of unbranched alkanes of at least 4 members (excludes halogenated alkanes) is 1. The third kappa shape index (κ3) is 10.2. The Kier molecular flexibility index (Phi) is 10.6. The zero-order valence-corrected chi connectivity index (χ0v) is 10.1. The summed E-state index contributed by atoms with van der Waals surface area (Å²) in [6.07, 6.45) is 6.82. The molecule has 0 radical (unpaired) electrons. The van der Waals surface area contributed by atoms with Crippen LogP contribution in [-0.2, 0) is 0 Å². The zero-order chi connectivity index (χ0) is 9.94. The first-order valence-corrected chi connectivity index (χ1v) is 6.26. The predicted octanol–water partition coefficient (Wildman–Crippen LogP) is 3.11. The third-order valence-electron chi connectivity index (χ3n) is 2.37. The number of hydrogen-bond acceptors (Lipinski definition) is 2. The van der Waals surface area contributed by atoms with Crippen molar-refractivity contribution in [1.29, 1.82) is 0 Å². The van der Waals surface area contributed by atoms with E-state index in [0.29, 0.717) is 0 Å². The van der Waals surface area contributed by atoms with Crippen LogP contribution in [0.1, 0.15) is 46.0 Å². The van der Waals surface area contributed by atoms with Crippen molar-refractivity contribution < 1.29 is 0 Å². The Morgan fingerprint density at radius 1 is 1.15 bits per heavy atom. The van der Waals surface area contributed by atoms with Crippen LogP contribution in [-0.4, -0.2) is 18.8 Å². The molecule has 80 valence electrons. The molecular formula is C11H25NS. The minimum atomic E-state index is 0.926. The van der Waals surface area contributed by atoms with E-state index in [9.17, 15) is 0 Å². The van der Waals surface area contributed by atoms with E-state index in [-0.39, 0.29) is 0 Å². The standard InChI is InChI=1S/C11H25NS/c1-3-6-11(2)7-4-5-8-12-9-10-13/h11-13H,3-10H2,1-2H3. The van der Waals surface area contributed by atoms with E-state index in [1.807, 2.05) is 0 Å². The van der Waals surface area contributed by atoms with Crippen LogP contribution in [0.4, 0.5) is 0 Å². The maximum Gasteiger partial charge on any atom is 0.00397 e. The summed E-state index contributed by atoms with van der Waals surface area (Å²) in [6.45, 7) is 6.85. The zero-order valence-electron chi connectivity index (χ0n) is 9.18. The maximum absolute atomic E-state index is 4.14. The van der Waals surface area contributed by atoms with Gasteiger partial charge in [-0.15, -0.1) is 0 Å². The summed E-state index contributed by atoms with van der Waals surface area (Å²) >= 11 is 4.14. The summed E-state index contributed by atoms with van der Waals surface area (Å²) in [6, 6.07) is 0. The van der Waals surface area contributed by atoms with Crippen LogP contribution in [0, 0.1) is 5.92 Å². The molecule has 0 rings (SSSR count). The lowest BCUT2D eigenvalue weighted by Gasteiger charge is -2.09. The van der Waals surface area contributed by atoms with E-state index >= 15 is 0 Å². The van der Waals surface area contributed by atoms with Crippen molar-refractivity contribution in [2.75, 3.05) is 18.8 Å². The van der Waals surface area contributed by atoms with Crippen molar-refractivity contribution >= 4 is 12.6 Å². The van der Waals surface area contributed by atoms with Gasteiger partial charge in [0.15, 0.2) is 0 Å². The Bertz CT molecular complexity index is 96.1. The highest BCUT2D eigenvalue weighted by Crippen LogP contribution is 2.12. The van der Waals surface area contributed by atoms with Gasteiger partial charge in [0, 0.05) is 12.3 Å². The van der Waals surface area contributed by atoms with Gasteiger partial charge in [-0.25, -0.2) is 0 Å². The van der Waals surface area contributed by atoms with Crippen LogP contribution in [0.15, 0.2) is 0 Å². The molecule has 1 nitrogen and oxygen atoms in total. The topological polar surface area (TPSA) is 12.0 Å². The molecule has 1 N–H and O–H groups in total. The Balaban J connectivity index is 2.97. The van der Waals surface area contributed by atoms with Crippen molar-refractivity contribution in [3.8, 4) is 0 Å². The SMILES string of the molecule is CCCC(C)CCCCNCCS. The molecule has 0 saturated heterocycles. The molecule has 0 spiro atoms. The highest BCUT2D eigenvalue weighted by Gasteiger charge is 1.99. The molecule has 0 fully saturated rings. The van der Waals surface area contributed by atoms with Crippen LogP contribution in [0.25, 0.3) is 0 Å². The lowest BCUT2D eigenvalue weighted by Crippen LogP contribution is -2.17. The van der Waals surface area contributed by atoms with Crippen LogP contribution < -0.4 is 5.32 Å². The van der Waals surface area contributed by atoms with Crippen LogP contribution in [0.5, 0.6) is 0 Å². The fraction of sp³-hybridized carbons (Fsp3) is 1.00. The second-order valence-corrected chi connectivity index (χ2v) is 4.31.